The average molecular weight is 260 g/mol. The van der Waals surface area contributed by atoms with Crippen molar-refractivity contribution in [1.29, 1.82) is 0 Å². The summed E-state index contributed by atoms with van der Waals surface area (Å²) in [5.74, 6) is 0.0968. The third kappa shape index (κ3) is 2.12. The van der Waals surface area contributed by atoms with Gasteiger partial charge in [0.25, 0.3) is 5.56 Å². The zero-order chi connectivity index (χ0) is 14.2. The molecule has 6 nitrogen and oxygen atoms in total. The van der Waals surface area contributed by atoms with Crippen molar-refractivity contribution in [2.75, 3.05) is 18.1 Å². The Morgan fingerprint density at radius 2 is 1.89 bits per heavy atom. The lowest BCUT2D eigenvalue weighted by atomic mass is 10.1. The molecule has 0 fully saturated rings. The Hall–Kier alpha value is -2.50. The summed E-state index contributed by atoms with van der Waals surface area (Å²) >= 11 is 0. The molecule has 0 atom stereocenters. The second-order valence-corrected chi connectivity index (χ2v) is 4.37. The summed E-state index contributed by atoms with van der Waals surface area (Å²) in [5.41, 5.74) is 7.79. The molecule has 2 aromatic rings. The van der Waals surface area contributed by atoms with Crippen molar-refractivity contribution in [2.24, 2.45) is 0 Å². The van der Waals surface area contributed by atoms with Gasteiger partial charge in [-0.1, -0.05) is 6.07 Å². The Kier molecular flexibility index (Phi) is 3.16. The number of aryl methyl sites for hydroxylation is 2. The molecular formula is C13H16N4O2. The number of hydrogen-bond acceptors (Lipinski definition) is 4. The number of rotatable bonds is 2. The second-order valence-electron chi connectivity index (χ2n) is 4.37. The third-order valence-electron chi connectivity index (χ3n) is 3.15. The van der Waals surface area contributed by atoms with E-state index < -0.39 is 11.2 Å². The van der Waals surface area contributed by atoms with Crippen molar-refractivity contribution in [3.8, 4) is 5.69 Å². The molecule has 100 valence electrons. The number of aromatic amines is 1. The van der Waals surface area contributed by atoms with Crippen LogP contribution >= 0.6 is 0 Å². The van der Waals surface area contributed by atoms with Crippen molar-refractivity contribution < 1.29 is 0 Å². The molecule has 2 rings (SSSR count). The van der Waals surface area contributed by atoms with E-state index in [1.165, 1.54) is 4.57 Å². The van der Waals surface area contributed by atoms with Gasteiger partial charge in [-0.25, -0.2) is 9.36 Å². The van der Waals surface area contributed by atoms with Crippen molar-refractivity contribution in [3.63, 3.8) is 0 Å². The molecule has 0 saturated heterocycles. The highest BCUT2D eigenvalue weighted by atomic mass is 16.2. The summed E-state index contributed by atoms with van der Waals surface area (Å²) in [6, 6.07) is 5.55. The molecule has 1 aromatic heterocycles. The fourth-order valence-corrected chi connectivity index (χ4v) is 1.92. The van der Waals surface area contributed by atoms with Crippen LogP contribution in [0.1, 0.15) is 11.1 Å². The second kappa shape index (κ2) is 4.64. The topological polar surface area (TPSA) is 92.9 Å². The monoisotopic (exact) mass is 260 g/mol. The van der Waals surface area contributed by atoms with Gasteiger partial charge in [0.05, 0.1) is 5.69 Å². The van der Waals surface area contributed by atoms with E-state index in [4.69, 9.17) is 5.73 Å². The van der Waals surface area contributed by atoms with E-state index in [2.05, 4.69) is 10.3 Å². The van der Waals surface area contributed by atoms with E-state index in [0.717, 1.165) is 11.1 Å². The van der Waals surface area contributed by atoms with E-state index in [1.54, 1.807) is 13.1 Å². The molecule has 4 N–H and O–H groups in total. The fourth-order valence-electron chi connectivity index (χ4n) is 1.92. The highest BCUT2D eigenvalue weighted by Crippen LogP contribution is 2.17. The van der Waals surface area contributed by atoms with Crippen LogP contribution < -0.4 is 22.3 Å². The number of H-pyrrole nitrogens is 1. The fraction of sp³-hybridized carbons (Fsp3) is 0.231. The maximum absolute atomic E-state index is 11.9. The average Bonchev–Trinajstić information content (AvgIpc) is 2.33. The molecule has 1 heterocycles. The first kappa shape index (κ1) is 12.9. The van der Waals surface area contributed by atoms with Crippen LogP contribution in [-0.4, -0.2) is 16.6 Å². The van der Waals surface area contributed by atoms with Crippen molar-refractivity contribution in [1.82, 2.24) is 9.55 Å². The van der Waals surface area contributed by atoms with Gasteiger partial charge in [0.2, 0.25) is 0 Å². The van der Waals surface area contributed by atoms with E-state index in [9.17, 15) is 9.59 Å². The quantitative estimate of drug-likeness (QED) is 0.743. The number of benzene rings is 1. The zero-order valence-corrected chi connectivity index (χ0v) is 11.1. The molecule has 19 heavy (non-hydrogen) atoms. The summed E-state index contributed by atoms with van der Waals surface area (Å²) in [7, 11) is 1.58. The summed E-state index contributed by atoms with van der Waals surface area (Å²) in [4.78, 5) is 25.8. The van der Waals surface area contributed by atoms with Gasteiger partial charge >= 0.3 is 5.69 Å². The lowest BCUT2D eigenvalue weighted by Crippen LogP contribution is -2.32. The molecule has 0 amide bonds. The SMILES string of the molecule is CNc1c(N)n(-c2ccc(C)c(C)c2)c(=O)[nH]c1=O. The molecule has 0 aliphatic rings. The Morgan fingerprint density at radius 1 is 1.21 bits per heavy atom. The number of nitrogens with zero attached hydrogens (tertiary/aromatic N) is 1. The molecule has 1 aromatic carbocycles. The van der Waals surface area contributed by atoms with E-state index in [-0.39, 0.29) is 11.5 Å². The molecular weight excluding hydrogens is 244 g/mol. The van der Waals surface area contributed by atoms with Crippen LogP contribution in [0.15, 0.2) is 27.8 Å². The Balaban J connectivity index is 2.78. The normalized spacial score (nSPS) is 10.5. The molecule has 0 bridgehead atoms. The van der Waals surface area contributed by atoms with Gasteiger partial charge in [-0.3, -0.25) is 9.78 Å². The van der Waals surface area contributed by atoms with Crippen LogP contribution in [0.4, 0.5) is 11.5 Å². The minimum absolute atomic E-state index is 0.0968. The lowest BCUT2D eigenvalue weighted by molar-refractivity contribution is 0.908. The number of nitrogens with two attached hydrogens (primary N) is 1. The van der Waals surface area contributed by atoms with Crippen LogP contribution in [0.5, 0.6) is 0 Å². The van der Waals surface area contributed by atoms with Crippen molar-refractivity contribution in [2.45, 2.75) is 13.8 Å². The number of nitrogen functional groups attached to an aromatic ring is 1. The highest BCUT2D eigenvalue weighted by molar-refractivity contribution is 5.63. The largest absolute Gasteiger partial charge is 0.383 e. The predicted octanol–water partition coefficient (Wildman–Crippen LogP) is 0.767. The molecule has 0 saturated carbocycles. The van der Waals surface area contributed by atoms with Crippen molar-refractivity contribution in [3.05, 3.63) is 50.2 Å². The maximum Gasteiger partial charge on any atom is 0.334 e. The summed E-state index contributed by atoms with van der Waals surface area (Å²) in [5, 5.41) is 2.70. The van der Waals surface area contributed by atoms with Crippen LogP contribution in [0, 0.1) is 13.8 Å². The van der Waals surface area contributed by atoms with E-state index >= 15 is 0 Å². The van der Waals surface area contributed by atoms with Crippen molar-refractivity contribution >= 4 is 11.5 Å². The van der Waals surface area contributed by atoms with Gasteiger partial charge in [-0.05, 0) is 37.1 Å². The van der Waals surface area contributed by atoms with E-state index in [1.807, 2.05) is 26.0 Å². The molecule has 6 heteroatoms. The highest BCUT2D eigenvalue weighted by Gasteiger charge is 2.12. The molecule has 0 radical (unpaired) electrons. The maximum atomic E-state index is 11.9. The Morgan fingerprint density at radius 3 is 2.47 bits per heavy atom. The first-order chi connectivity index (χ1) is 8.95. The van der Waals surface area contributed by atoms with Gasteiger partial charge in [-0.2, -0.15) is 0 Å². The van der Waals surface area contributed by atoms with Crippen LogP contribution in [-0.2, 0) is 0 Å². The Bertz CT molecular complexity index is 743. The standard InChI is InChI=1S/C13H16N4O2/c1-7-4-5-9(6-8(7)2)17-11(14)10(15-3)12(18)16-13(17)19/h4-6,15H,14H2,1-3H3,(H,16,18,19). The molecule has 0 aliphatic heterocycles. The van der Waals surface area contributed by atoms with Gasteiger partial charge < -0.3 is 11.1 Å². The zero-order valence-electron chi connectivity index (χ0n) is 11.1. The third-order valence-corrected chi connectivity index (χ3v) is 3.15. The van der Waals surface area contributed by atoms with Gasteiger partial charge in [0.1, 0.15) is 11.5 Å². The lowest BCUT2D eigenvalue weighted by Gasteiger charge is -2.13. The number of aromatic nitrogens is 2. The van der Waals surface area contributed by atoms with Crippen LogP contribution in [0.25, 0.3) is 5.69 Å². The minimum Gasteiger partial charge on any atom is -0.383 e. The van der Waals surface area contributed by atoms with Crippen LogP contribution in [0.3, 0.4) is 0 Å². The molecule has 0 unspecified atom stereocenters. The van der Waals surface area contributed by atoms with Gasteiger partial charge in [-0.15, -0.1) is 0 Å². The first-order valence-electron chi connectivity index (χ1n) is 5.86. The molecule has 0 aliphatic carbocycles. The number of anilines is 2. The minimum atomic E-state index is -0.551. The first-order valence-corrected chi connectivity index (χ1v) is 5.86. The number of hydrogen-bond donors (Lipinski definition) is 3. The number of nitrogens with one attached hydrogen (secondary N) is 2. The summed E-state index contributed by atoms with van der Waals surface area (Å²) in [6.07, 6.45) is 0. The van der Waals surface area contributed by atoms with E-state index in [0.29, 0.717) is 5.69 Å². The van der Waals surface area contributed by atoms with Gasteiger partial charge in [0, 0.05) is 7.05 Å². The van der Waals surface area contributed by atoms with Gasteiger partial charge in [0.15, 0.2) is 0 Å². The van der Waals surface area contributed by atoms with Crippen LogP contribution in [0.2, 0.25) is 0 Å². The molecule has 0 spiro atoms. The Labute approximate surface area is 109 Å². The smallest absolute Gasteiger partial charge is 0.334 e. The summed E-state index contributed by atoms with van der Waals surface area (Å²) in [6.45, 7) is 3.93. The predicted molar refractivity (Wildman–Crippen MR) is 76.1 cm³/mol. The summed E-state index contributed by atoms with van der Waals surface area (Å²) < 4.78 is 1.28.